The van der Waals surface area contributed by atoms with Crippen molar-refractivity contribution in [3.05, 3.63) is 192 Å². The van der Waals surface area contributed by atoms with Crippen LogP contribution in [0.2, 0.25) is 0 Å². The fourth-order valence-corrected chi connectivity index (χ4v) is 5.32. The van der Waals surface area contributed by atoms with Crippen LogP contribution in [0.3, 0.4) is 0 Å². The Balaban J connectivity index is 1.63. The molecule has 0 amide bonds. The molecule has 0 fully saturated rings. The predicted molar refractivity (Wildman–Crippen MR) is 261 cm³/mol. The van der Waals surface area contributed by atoms with Crippen LogP contribution in [-0.4, -0.2) is 54.8 Å². The number of halogens is 4. The van der Waals surface area contributed by atoms with E-state index in [1.54, 1.807) is 30.3 Å². The first-order chi connectivity index (χ1) is 35.4. The molecular formula is C56H42F4O15. The molecule has 0 aliphatic heterocycles. The van der Waals surface area contributed by atoms with E-state index in [9.17, 15) is 51.1 Å². The highest BCUT2D eigenvalue weighted by molar-refractivity contribution is 5.94. The van der Waals surface area contributed by atoms with Crippen LogP contribution in [0.25, 0.3) is 6.08 Å². The lowest BCUT2D eigenvalue weighted by molar-refractivity contribution is -0.142. The molecule has 0 spiro atoms. The van der Waals surface area contributed by atoms with Crippen LogP contribution >= 0.6 is 0 Å². The number of hydrogen-bond donors (Lipinski definition) is 0. The number of esters is 6. The molecule has 15 nitrogen and oxygen atoms in total. The number of carbonyl (C=O) groups is 7. The van der Waals surface area contributed by atoms with Crippen molar-refractivity contribution in [3.8, 4) is 52.4 Å². The normalized spacial score (nSPS) is 10.4. The molecule has 0 N–H and O–H groups in total. The maximum absolute atomic E-state index is 13.8. The van der Waals surface area contributed by atoms with Crippen LogP contribution in [0.1, 0.15) is 59.7 Å². The molecule has 0 radical (unpaired) electrons. The summed E-state index contributed by atoms with van der Waals surface area (Å²) in [5, 5.41) is 0. The van der Waals surface area contributed by atoms with Gasteiger partial charge in [0.15, 0.2) is 11.5 Å². The van der Waals surface area contributed by atoms with Crippen LogP contribution in [0.4, 0.5) is 22.4 Å². The molecular weight excluding hydrogens is 989 g/mol. The van der Waals surface area contributed by atoms with Crippen molar-refractivity contribution in [1.29, 1.82) is 0 Å². The molecule has 0 unspecified atom stereocenters. The van der Waals surface area contributed by atoms with E-state index in [1.165, 1.54) is 63.2 Å². The van der Waals surface area contributed by atoms with Crippen molar-refractivity contribution in [3.63, 3.8) is 0 Å². The summed E-state index contributed by atoms with van der Waals surface area (Å²) in [7, 11) is 0. The van der Waals surface area contributed by atoms with Gasteiger partial charge in [-0.25, -0.2) is 33.6 Å². The summed E-state index contributed by atoms with van der Waals surface area (Å²) in [4.78, 5) is 85.8. The molecule has 384 valence electrons. The molecule has 4 aromatic carbocycles. The van der Waals surface area contributed by atoms with Crippen molar-refractivity contribution >= 4 is 48.0 Å². The average Bonchev–Trinajstić information content (AvgIpc) is 3.35. The molecule has 0 aliphatic carbocycles. The maximum atomic E-state index is 13.8. The summed E-state index contributed by atoms with van der Waals surface area (Å²) in [5.74, 6) is 1.30. The van der Waals surface area contributed by atoms with E-state index < -0.39 is 65.3 Å². The van der Waals surface area contributed by atoms with Crippen molar-refractivity contribution in [2.45, 2.75) is 40.0 Å². The van der Waals surface area contributed by atoms with Gasteiger partial charge in [0.25, 0.3) is 0 Å². The van der Waals surface area contributed by atoms with Gasteiger partial charge in [-0.15, -0.1) is 0 Å². The molecule has 0 saturated heterocycles. The van der Waals surface area contributed by atoms with E-state index in [0.29, 0.717) is 16.7 Å². The van der Waals surface area contributed by atoms with Crippen molar-refractivity contribution < 1.29 is 89.0 Å². The zero-order valence-corrected chi connectivity index (χ0v) is 40.2. The van der Waals surface area contributed by atoms with Gasteiger partial charge >= 0.3 is 48.1 Å². The first-order valence-electron chi connectivity index (χ1n) is 21.4. The van der Waals surface area contributed by atoms with Gasteiger partial charge in [-0.2, -0.15) is 17.6 Å². The fourth-order valence-electron chi connectivity index (χ4n) is 5.32. The third-order valence-electron chi connectivity index (χ3n) is 9.19. The zero-order chi connectivity index (χ0) is 55.6. The van der Waals surface area contributed by atoms with Gasteiger partial charge in [-0.3, -0.25) is 0 Å². The fraction of sp³-hybridized carbons (Fsp3) is 0.125. The van der Waals surface area contributed by atoms with Crippen molar-refractivity contribution in [2.75, 3.05) is 6.61 Å². The lowest BCUT2D eigenvalue weighted by atomic mass is 10.1. The van der Waals surface area contributed by atoms with Crippen LogP contribution in [0.15, 0.2) is 153 Å². The van der Waals surface area contributed by atoms with E-state index >= 15 is 0 Å². The zero-order valence-electron chi connectivity index (χ0n) is 40.2. The standard InChI is InChI=1S/C56H42F4O15/c1-10-47(61)73-48-42(21-22-43(49(48)74-51(63)33(4)5)20-19-40-17-16-38(25-28-69-50(62)32(2)3)29-45(40)72-54(66)36(9)57)18-15-37-11-13-39(14-12-37)31-68-27-26-41-23-24-44(70-55(67)75-52(64)34(6)7)30-46(41)71-53(65)35(8)56(58,59)60/h10-14,16-17,21-24,26-27,29-30H,1-2,4,6,8-9,25,28,31H2,3,5,7H3/b27-26+. The molecule has 0 heterocycles. The molecule has 0 aliphatic rings. The summed E-state index contributed by atoms with van der Waals surface area (Å²) in [6.07, 6.45) is -3.24. The van der Waals surface area contributed by atoms with Gasteiger partial charge in [0, 0.05) is 46.4 Å². The summed E-state index contributed by atoms with van der Waals surface area (Å²) in [6.45, 7) is 23.5. The van der Waals surface area contributed by atoms with Crippen molar-refractivity contribution in [2.24, 2.45) is 0 Å². The number of alkyl halides is 3. The summed E-state index contributed by atoms with van der Waals surface area (Å²) < 4.78 is 94.7. The monoisotopic (exact) mass is 1030 g/mol. The minimum atomic E-state index is -5.12. The highest BCUT2D eigenvalue weighted by atomic mass is 19.4. The molecule has 75 heavy (non-hydrogen) atoms. The first-order valence-corrected chi connectivity index (χ1v) is 21.4. The molecule has 4 aromatic rings. The van der Waals surface area contributed by atoms with Gasteiger partial charge in [0.2, 0.25) is 5.83 Å². The second-order valence-corrected chi connectivity index (χ2v) is 15.3. The number of rotatable bonds is 18. The van der Waals surface area contributed by atoms with E-state index in [4.69, 9.17) is 33.2 Å². The molecule has 4 rings (SSSR count). The van der Waals surface area contributed by atoms with Gasteiger partial charge in [0.1, 0.15) is 29.4 Å². The van der Waals surface area contributed by atoms with Gasteiger partial charge < -0.3 is 37.9 Å². The first kappa shape index (κ1) is 57.6. The average molecular weight is 1030 g/mol. The minimum Gasteiger partial charge on any atom is -0.496 e. The van der Waals surface area contributed by atoms with Gasteiger partial charge in [-0.05, 0) is 86.5 Å². The quantitative estimate of drug-likeness (QED) is 0.0133. The molecule has 0 bridgehead atoms. The summed E-state index contributed by atoms with van der Waals surface area (Å²) in [6, 6.07) is 17.0. The van der Waals surface area contributed by atoms with E-state index in [2.05, 4.69) is 67.9 Å². The highest BCUT2D eigenvalue weighted by Crippen LogP contribution is 2.36. The van der Waals surface area contributed by atoms with Crippen molar-refractivity contribution in [1.82, 2.24) is 0 Å². The van der Waals surface area contributed by atoms with E-state index in [1.807, 2.05) is 0 Å². The lowest BCUT2D eigenvalue weighted by Gasteiger charge is -2.13. The van der Waals surface area contributed by atoms with E-state index in [0.717, 1.165) is 18.4 Å². The number of benzene rings is 4. The number of hydrogen-bond acceptors (Lipinski definition) is 15. The second kappa shape index (κ2) is 26.4. The largest absolute Gasteiger partial charge is 0.521 e. The Labute approximate surface area is 426 Å². The number of carbonyl (C=O) groups excluding carboxylic acids is 7. The van der Waals surface area contributed by atoms with Crippen LogP contribution in [0, 0.1) is 23.7 Å². The Morgan fingerprint density at radius 1 is 0.600 bits per heavy atom. The third kappa shape index (κ3) is 17.7. The summed E-state index contributed by atoms with van der Waals surface area (Å²) >= 11 is 0. The SMILES string of the molecule is C=CC(=O)Oc1c(C#Cc2ccc(CO/C=C/c3ccc(OC(=O)OC(=O)C(=C)C)cc3OC(=O)C(=C)C(F)(F)F)cc2)ccc(C#Cc2ccc(CCOC(=O)C(=C)C)cc2OC(=O)C(=C)F)c1OC(=O)C(=C)C. The summed E-state index contributed by atoms with van der Waals surface area (Å²) in [5.41, 5.74) is -0.237. The van der Waals surface area contributed by atoms with Crippen LogP contribution < -0.4 is 23.7 Å². The Hall–Kier alpha value is -10.0. The highest BCUT2D eigenvalue weighted by Gasteiger charge is 2.38. The Bertz CT molecular complexity index is 3210. The Morgan fingerprint density at radius 3 is 1.77 bits per heavy atom. The van der Waals surface area contributed by atoms with Gasteiger partial charge in [0.05, 0.1) is 29.6 Å². The molecule has 0 aromatic heterocycles. The van der Waals surface area contributed by atoms with Gasteiger partial charge in [-0.1, -0.05) is 81.4 Å². The Kier molecular flexibility index (Phi) is 20.3. The minimum absolute atomic E-state index is 0.0137. The molecule has 0 saturated carbocycles. The van der Waals surface area contributed by atoms with E-state index in [-0.39, 0.29) is 81.6 Å². The second-order valence-electron chi connectivity index (χ2n) is 15.3. The number of ether oxygens (including phenoxy) is 8. The van der Waals surface area contributed by atoms with Crippen LogP contribution in [-0.2, 0) is 56.0 Å². The smallest absolute Gasteiger partial charge is 0.496 e. The Morgan fingerprint density at radius 2 is 1.17 bits per heavy atom. The van der Waals surface area contributed by atoms with Crippen LogP contribution in [0.5, 0.6) is 28.7 Å². The lowest BCUT2D eigenvalue weighted by Crippen LogP contribution is -2.23. The predicted octanol–water partition coefficient (Wildman–Crippen LogP) is 9.94. The maximum Gasteiger partial charge on any atom is 0.521 e. The topological polar surface area (TPSA) is 193 Å². The molecule has 0 atom stereocenters. The third-order valence-corrected chi connectivity index (χ3v) is 9.19. The molecule has 19 heteroatoms.